The van der Waals surface area contributed by atoms with Crippen molar-refractivity contribution in [1.29, 1.82) is 0 Å². The molecule has 1 aliphatic carbocycles. The molecule has 1 heterocycles. The number of anilines is 2. The maximum absolute atomic E-state index is 12.4. The van der Waals surface area contributed by atoms with Crippen LogP contribution in [0.15, 0.2) is 24.3 Å². The maximum atomic E-state index is 12.4. The highest BCUT2D eigenvalue weighted by Crippen LogP contribution is 2.23. The molecule has 1 aromatic carbocycles. The summed E-state index contributed by atoms with van der Waals surface area (Å²) in [6.07, 6.45) is 6.75. The summed E-state index contributed by atoms with van der Waals surface area (Å²) in [5, 5.41) is 2.66. The third kappa shape index (κ3) is 6.96. The van der Waals surface area contributed by atoms with Crippen molar-refractivity contribution in [2.45, 2.75) is 57.1 Å². The highest BCUT2D eigenvalue weighted by Gasteiger charge is 2.26. The number of unbranched alkanes of at least 4 members (excludes halogenated alkanes) is 1. The Labute approximate surface area is 181 Å². The zero-order chi connectivity index (χ0) is 21.4. The van der Waals surface area contributed by atoms with Crippen LogP contribution >= 0.6 is 0 Å². The SMILES string of the molecule is CC(=O)Nc1cccc(N2CCN(CCCCNS(=O)(=O)C3CCCCC3)CC2)c1. The number of nitrogens with zero attached hydrogens (tertiary/aromatic N) is 2. The van der Waals surface area contributed by atoms with Gasteiger partial charge in [-0.25, -0.2) is 13.1 Å². The van der Waals surface area contributed by atoms with Gasteiger partial charge in [0.1, 0.15) is 0 Å². The Balaban J connectivity index is 1.33. The fourth-order valence-corrected chi connectivity index (χ4v) is 6.00. The Kier molecular flexibility index (Phi) is 8.53. The zero-order valence-electron chi connectivity index (χ0n) is 18.1. The van der Waals surface area contributed by atoms with Crippen LogP contribution in [0, 0.1) is 0 Å². The number of hydrogen-bond acceptors (Lipinski definition) is 5. The lowest BCUT2D eigenvalue weighted by molar-refractivity contribution is -0.114. The number of hydrogen-bond donors (Lipinski definition) is 2. The number of carbonyl (C=O) groups excluding carboxylic acids is 1. The first kappa shape index (κ1) is 23.0. The van der Waals surface area contributed by atoms with E-state index in [0.29, 0.717) is 6.54 Å². The van der Waals surface area contributed by atoms with Crippen molar-refractivity contribution < 1.29 is 13.2 Å². The Bertz CT molecular complexity index is 785. The normalized spacial score (nSPS) is 19.0. The maximum Gasteiger partial charge on any atom is 0.221 e. The summed E-state index contributed by atoms with van der Waals surface area (Å²) in [7, 11) is -3.13. The molecule has 8 heteroatoms. The van der Waals surface area contributed by atoms with Crippen molar-refractivity contribution in [1.82, 2.24) is 9.62 Å². The molecule has 1 aromatic rings. The summed E-state index contributed by atoms with van der Waals surface area (Å²) in [6, 6.07) is 7.99. The van der Waals surface area contributed by atoms with E-state index in [4.69, 9.17) is 0 Å². The Morgan fingerprint density at radius 3 is 2.50 bits per heavy atom. The highest BCUT2D eigenvalue weighted by atomic mass is 32.2. The highest BCUT2D eigenvalue weighted by molar-refractivity contribution is 7.90. The van der Waals surface area contributed by atoms with Gasteiger partial charge in [-0.15, -0.1) is 0 Å². The molecule has 0 bridgehead atoms. The van der Waals surface area contributed by atoms with Gasteiger partial charge >= 0.3 is 0 Å². The van der Waals surface area contributed by atoms with Crippen LogP contribution in [-0.2, 0) is 14.8 Å². The van der Waals surface area contributed by atoms with E-state index in [1.165, 1.54) is 13.3 Å². The minimum atomic E-state index is -3.13. The first-order valence-electron chi connectivity index (χ1n) is 11.3. The van der Waals surface area contributed by atoms with E-state index in [1.807, 2.05) is 18.2 Å². The van der Waals surface area contributed by atoms with Gasteiger partial charge in [-0.3, -0.25) is 9.69 Å². The van der Waals surface area contributed by atoms with Gasteiger partial charge in [-0.05, 0) is 50.4 Å². The number of piperazine rings is 1. The Hall–Kier alpha value is -1.64. The van der Waals surface area contributed by atoms with Crippen LogP contribution in [0.5, 0.6) is 0 Å². The topological polar surface area (TPSA) is 81.8 Å². The summed E-state index contributed by atoms with van der Waals surface area (Å²) >= 11 is 0. The third-order valence-electron chi connectivity index (χ3n) is 6.10. The molecule has 0 spiro atoms. The predicted molar refractivity (Wildman–Crippen MR) is 122 cm³/mol. The van der Waals surface area contributed by atoms with Gasteiger partial charge in [0.25, 0.3) is 0 Å². The summed E-state index contributed by atoms with van der Waals surface area (Å²) in [4.78, 5) is 16.1. The lowest BCUT2D eigenvalue weighted by atomic mass is 10.0. The van der Waals surface area contributed by atoms with Crippen LogP contribution in [-0.4, -0.2) is 63.7 Å². The first-order valence-corrected chi connectivity index (χ1v) is 12.8. The second-order valence-corrected chi connectivity index (χ2v) is 10.5. The number of rotatable bonds is 9. The third-order valence-corrected chi connectivity index (χ3v) is 8.05. The van der Waals surface area contributed by atoms with E-state index in [1.54, 1.807) is 0 Å². The molecular weight excluding hydrogens is 400 g/mol. The molecular formula is C22H36N4O3S. The molecule has 1 aliphatic heterocycles. The van der Waals surface area contributed by atoms with E-state index < -0.39 is 10.0 Å². The van der Waals surface area contributed by atoms with Gasteiger partial charge in [0.15, 0.2) is 0 Å². The van der Waals surface area contributed by atoms with E-state index in [0.717, 1.165) is 82.6 Å². The van der Waals surface area contributed by atoms with E-state index in [2.05, 4.69) is 25.9 Å². The molecule has 2 fully saturated rings. The van der Waals surface area contributed by atoms with Crippen LogP contribution in [0.3, 0.4) is 0 Å². The molecule has 0 aromatic heterocycles. The van der Waals surface area contributed by atoms with Crippen LogP contribution in [0.25, 0.3) is 0 Å². The summed E-state index contributed by atoms with van der Waals surface area (Å²) < 4.78 is 27.5. The molecule has 1 saturated carbocycles. The fraction of sp³-hybridized carbons (Fsp3) is 0.682. The average Bonchev–Trinajstić information content (AvgIpc) is 2.74. The lowest BCUT2D eigenvalue weighted by Crippen LogP contribution is -2.46. The lowest BCUT2D eigenvalue weighted by Gasteiger charge is -2.36. The van der Waals surface area contributed by atoms with Crippen molar-refractivity contribution in [3.8, 4) is 0 Å². The predicted octanol–water partition coefficient (Wildman–Crippen LogP) is 2.80. The Morgan fingerprint density at radius 2 is 1.80 bits per heavy atom. The molecule has 0 atom stereocenters. The minimum Gasteiger partial charge on any atom is -0.369 e. The van der Waals surface area contributed by atoms with Crippen molar-refractivity contribution in [2.24, 2.45) is 0 Å². The van der Waals surface area contributed by atoms with Crippen molar-refractivity contribution >= 4 is 27.3 Å². The quantitative estimate of drug-likeness (QED) is 0.582. The van der Waals surface area contributed by atoms with Crippen molar-refractivity contribution in [2.75, 3.05) is 49.5 Å². The first-order chi connectivity index (χ1) is 14.4. The summed E-state index contributed by atoms with van der Waals surface area (Å²) in [5.74, 6) is -0.0574. The minimum absolute atomic E-state index is 0.0574. The number of nitrogens with one attached hydrogen (secondary N) is 2. The Morgan fingerprint density at radius 1 is 1.07 bits per heavy atom. The molecule has 0 radical (unpaired) electrons. The molecule has 30 heavy (non-hydrogen) atoms. The van der Waals surface area contributed by atoms with E-state index in [-0.39, 0.29) is 11.2 Å². The van der Waals surface area contributed by atoms with Gasteiger partial charge < -0.3 is 10.2 Å². The summed E-state index contributed by atoms with van der Waals surface area (Å²) in [5.41, 5.74) is 1.97. The van der Waals surface area contributed by atoms with Crippen LogP contribution in [0.2, 0.25) is 0 Å². The fourth-order valence-electron chi connectivity index (χ4n) is 4.38. The average molecular weight is 437 g/mol. The molecule has 2 aliphatic rings. The number of carbonyl (C=O) groups is 1. The standard InChI is InChI=1S/C22H36N4O3S/c1-19(27)24-20-8-7-9-21(18-20)26-16-14-25(15-17-26)13-6-5-12-23-30(28,29)22-10-3-2-4-11-22/h7-9,18,22-23H,2-6,10-17H2,1H3,(H,24,27). The molecule has 168 valence electrons. The van der Waals surface area contributed by atoms with Gasteiger partial charge in [0.2, 0.25) is 15.9 Å². The number of amides is 1. The molecule has 3 rings (SSSR count). The monoisotopic (exact) mass is 436 g/mol. The van der Waals surface area contributed by atoms with E-state index in [9.17, 15) is 13.2 Å². The van der Waals surface area contributed by atoms with Crippen LogP contribution in [0.1, 0.15) is 51.9 Å². The second-order valence-electron chi connectivity index (χ2n) is 8.47. The van der Waals surface area contributed by atoms with E-state index >= 15 is 0 Å². The zero-order valence-corrected chi connectivity index (χ0v) is 18.9. The molecule has 7 nitrogen and oxygen atoms in total. The summed E-state index contributed by atoms with van der Waals surface area (Å²) in [6.45, 7) is 6.98. The molecule has 2 N–H and O–H groups in total. The number of benzene rings is 1. The van der Waals surface area contributed by atoms with Gasteiger partial charge in [-0.1, -0.05) is 25.3 Å². The van der Waals surface area contributed by atoms with Crippen molar-refractivity contribution in [3.05, 3.63) is 24.3 Å². The molecule has 1 saturated heterocycles. The van der Waals surface area contributed by atoms with Crippen LogP contribution in [0.4, 0.5) is 11.4 Å². The molecule has 0 unspecified atom stereocenters. The largest absolute Gasteiger partial charge is 0.369 e. The van der Waals surface area contributed by atoms with Gasteiger partial charge in [0.05, 0.1) is 5.25 Å². The van der Waals surface area contributed by atoms with Gasteiger partial charge in [-0.2, -0.15) is 0 Å². The number of sulfonamides is 1. The smallest absolute Gasteiger partial charge is 0.221 e. The molecule has 1 amide bonds. The van der Waals surface area contributed by atoms with Crippen molar-refractivity contribution in [3.63, 3.8) is 0 Å². The van der Waals surface area contributed by atoms with Gasteiger partial charge in [0, 0.05) is 51.0 Å². The van der Waals surface area contributed by atoms with Crippen LogP contribution < -0.4 is 14.9 Å². The second kappa shape index (κ2) is 11.1.